The summed E-state index contributed by atoms with van der Waals surface area (Å²) in [5.74, 6) is 1.26. The molecule has 0 atom stereocenters. The average Bonchev–Trinajstić information content (AvgIpc) is 2.87. The van der Waals surface area contributed by atoms with E-state index in [9.17, 15) is 0 Å². The highest BCUT2D eigenvalue weighted by Gasteiger charge is 2.15. The Balaban J connectivity index is 2.27. The van der Waals surface area contributed by atoms with E-state index in [0.29, 0.717) is 16.6 Å². The molecule has 102 valence electrons. The molecule has 0 aliphatic rings. The quantitative estimate of drug-likeness (QED) is 0.834. The van der Waals surface area contributed by atoms with Crippen molar-refractivity contribution < 1.29 is 4.74 Å². The first-order valence-corrected chi connectivity index (χ1v) is 7.04. The summed E-state index contributed by atoms with van der Waals surface area (Å²) in [6.45, 7) is 0. The number of nitrogens with one attached hydrogen (secondary N) is 1. The first-order valence-electron chi connectivity index (χ1n) is 5.41. The molecule has 2 aromatic heterocycles. The maximum Gasteiger partial charge on any atom is 0.208 e. The lowest BCUT2D eigenvalue weighted by Crippen LogP contribution is -2.07. The third-order valence-electron chi connectivity index (χ3n) is 2.17. The zero-order valence-corrected chi connectivity index (χ0v) is 12.7. The standard InChI is InChI=1S/C10H14N6OS2/c1-11-7-6(17-4)8(13-5-12-7)18-10-15-14-9(19-10)16(2)3/h5H,1-4H3,(H,11,12,13). The number of aromatic nitrogens is 4. The van der Waals surface area contributed by atoms with Gasteiger partial charge in [-0.3, -0.25) is 0 Å². The predicted octanol–water partition coefficient (Wildman–Crippen LogP) is 1.60. The van der Waals surface area contributed by atoms with Crippen molar-refractivity contribution in [3.8, 4) is 5.75 Å². The van der Waals surface area contributed by atoms with Gasteiger partial charge in [-0.05, 0) is 11.8 Å². The minimum absolute atomic E-state index is 0.608. The van der Waals surface area contributed by atoms with Gasteiger partial charge in [-0.2, -0.15) is 0 Å². The van der Waals surface area contributed by atoms with Crippen molar-refractivity contribution >= 4 is 34.0 Å². The second-order valence-electron chi connectivity index (χ2n) is 3.66. The summed E-state index contributed by atoms with van der Waals surface area (Å²) >= 11 is 2.91. The number of ether oxygens (including phenoxy) is 1. The predicted molar refractivity (Wildman–Crippen MR) is 76.5 cm³/mol. The fourth-order valence-electron chi connectivity index (χ4n) is 1.30. The fraction of sp³-hybridized carbons (Fsp3) is 0.400. The lowest BCUT2D eigenvalue weighted by molar-refractivity contribution is 0.400. The molecule has 7 nitrogen and oxygen atoms in total. The molecular weight excluding hydrogens is 284 g/mol. The van der Waals surface area contributed by atoms with Crippen molar-refractivity contribution in [1.29, 1.82) is 0 Å². The van der Waals surface area contributed by atoms with Crippen LogP contribution in [0, 0.1) is 0 Å². The molecule has 0 unspecified atom stereocenters. The summed E-state index contributed by atoms with van der Waals surface area (Å²) < 4.78 is 6.14. The van der Waals surface area contributed by atoms with Crippen molar-refractivity contribution in [2.45, 2.75) is 9.37 Å². The third-order valence-corrected chi connectivity index (χ3v) is 4.30. The summed E-state index contributed by atoms with van der Waals surface area (Å²) in [7, 11) is 7.24. The Morgan fingerprint density at radius 3 is 2.68 bits per heavy atom. The number of nitrogens with zero attached hydrogens (tertiary/aromatic N) is 5. The van der Waals surface area contributed by atoms with Crippen LogP contribution in [0.4, 0.5) is 10.9 Å². The normalized spacial score (nSPS) is 10.3. The van der Waals surface area contributed by atoms with Gasteiger partial charge in [0.25, 0.3) is 0 Å². The Morgan fingerprint density at radius 2 is 2.11 bits per heavy atom. The van der Waals surface area contributed by atoms with E-state index in [-0.39, 0.29) is 0 Å². The van der Waals surface area contributed by atoms with Crippen LogP contribution in [0.25, 0.3) is 0 Å². The van der Waals surface area contributed by atoms with Gasteiger partial charge in [-0.15, -0.1) is 10.2 Å². The second-order valence-corrected chi connectivity index (χ2v) is 5.85. The van der Waals surface area contributed by atoms with Gasteiger partial charge < -0.3 is 15.0 Å². The smallest absolute Gasteiger partial charge is 0.208 e. The van der Waals surface area contributed by atoms with Crippen molar-refractivity contribution in [2.75, 3.05) is 38.5 Å². The Kier molecular flexibility index (Phi) is 4.38. The molecule has 9 heteroatoms. The molecular formula is C10H14N6OS2. The number of hydrogen-bond acceptors (Lipinski definition) is 9. The zero-order chi connectivity index (χ0) is 13.8. The number of rotatable bonds is 5. The summed E-state index contributed by atoms with van der Waals surface area (Å²) in [6.07, 6.45) is 1.49. The Hall–Kier alpha value is -1.61. The maximum atomic E-state index is 5.33. The minimum Gasteiger partial charge on any atom is -0.490 e. The number of methoxy groups -OCH3 is 1. The fourth-order valence-corrected chi connectivity index (χ4v) is 3.05. The lowest BCUT2D eigenvalue weighted by Gasteiger charge is -2.09. The Morgan fingerprint density at radius 1 is 1.32 bits per heavy atom. The molecule has 2 aromatic rings. The molecule has 2 heterocycles. The van der Waals surface area contributed by atoms with E-state index < -0.39 is 0 Å². The van der Waals surface area contributed by atoms with Crippen LogP contribution in [-0.4, -0.2) is 48.4 Å². The highest BCUT2D eigenvalue weighted by molar-refractivity contribution is 8.01. The van der Waals surface area contributed by atoms with Gasteiger partial charge in [0.15, 0.2) is 20.9 Å². The third kappa shape index (κ3) is 3.04. The summed E-state index contributed by atoms with van der Waals surface area (Å²) in [4.78, 5) is 10.2. The molecule has 0 aliphatic heterocycles. The molecule has 2 rings (SSSR count). The van der Waals surface area contributed by atoms with E-state index in [2.05, 4.69) is 25.5 Å². The molecule has 0 amide bonds. The van der Waals surface area contributed by atoms with E-state index in [1.807, 2.05) is 19.0 Å². The Labute approximate surface area is 119 Å². The molecule has 0 saturated heterocycles. The highest BCUT2D eigenvalue weighted by Crippen LogP contribution is 2.38. The van der Waals surface area contributed by atoms with Gasteiger partial charge in [0.1, 0.15) is 6.33 Å². The topological polar surface area (TPSA) is 76.1 Å². The Bertz CT molecular complexity index is 559. The van der Waals surface area contributed by atoms with Gasteiger partial charge in [0, 0.05) is 21.1 Å². The first-order chi connectivity index (χ1) is 9.15. The molecule has 0 spiro atoms. The molecule has 0 fully saturated rings. The number of hydrogen-bond donors (Lipinski definition) is 1. The monoisotopic (exact) mass is 298 g/mol. The first kappa shape index (κ1) is 13.8. The molecule has 0 bridgehead atoms. The van der Waals surface area contributed by atoms with Crippen molar-refractivity contribution in [1.82, 2.24) is 20.2 Å². The van der Waals surface area contributed by atoms with E-state index in [0.717, 1.165) is 9.47 Å². The minimum atomic E-state index is 0.608. The molecule has 19 heavy (non-hydrogen) atoms. The molecule has 0 saturated carbocycles. The lowest BCUT2D eigenvalue weighted by atomic mass is 10.5. The molecule has 1 N–H and O–H groups in total. The van der Waals surface area contributed by atoms with E-state index in [4.69, 9.17) is 4.74 Å². The molecule has 0 aromatic carbocycles. The van der Waals surface area contributed by atoms with Crippen LogP contribution < -0.4 is 15.0 Å². The van der Waals surface area contributed by atoms with Crippen molar-refractivity contribution in [3.05, 3.63) is 6.33 Å². The average molecular weight is 298 g/mol. The zero-order valence-electron chi connectivity index (χ0n) is 11.0. The summed E-state index contributed by atoms with van der Waals surface area (Å²) in [5, 5.41) is 12.7. The number of anilines is 2. The van der Waals surface area contributed by atoms with Gasteiger partial charge in [0.05, 0.1) is 7.11 Å². The van der Waals surface area contributed by atoms with Crippen molar-refractivity contribution in [2.24, 2.45) is 0 Å². The summed E-state index contributed by atoms with van der Waals surface area (Å²) in [6, 6.07) is 0. The SMILES string of the molecule is CNc1ncnc(Sc2nnc(N(C)C)s2)c1OC. The second kappa shape index (κ2) is 6.02. The van der Waals surface area contributed by atoms with Crippen LogP contribution >= 0.6 is 23.1 Å². The van der Waals surface area contributed by atoms with E-state index in [1.54, 1.807) is 14.2 Å². The van der Waals surface area contributed by atoms with Gasteiger partial charge in [0.2, 0.25) is 5.13 Å². The van der Waals surface area contributed by atoms with Gasteiger partial charge in [-0.25, -0.2) is 9.97 Å². The van der Waals surface area contributed by atoms with Crippen LogP contribution in [0.2, 0.25) is 0 Å². The maximum absolute atomic E-state index is 5.33. The van der Waals surface area contributed by atoms with E-state index >= 15 is 0 Å². The highest BCUT2D eigenvalue weighted by atomic mass is 32.2. The van der Waals surface area contributed by atoms with E-state index in [1.165, 1.54) is 29.4 Å². The largest absolute Gasteiger partial charge is 0.490 e. The van der Waals surface area contributed by atoms with Crippen LogP contribution in [0.1, 0.15) is 0 Å². The molecule has 0 aliphatic carbocycles. The summed E-state index contributed by atoms with van der Waals surface area (Å²) in [5.41, 5.74) is 0. The van der Waals surface area contributed by atoms with Crippen LogP contribution in [0.3, 0.4) is 0 Å². The van der Waals surface area contributed by atoms with Gasteiger partial charge in [-0.1, -0.05) is 11.3 Å². The van der Waals surface area contributed by atoms with Crippen LogP contribution in [0.15, 0.2) is 15.7 Å². The van der Waals surface area contributed by atoms with Crippen LogP contribution in [0.5, 0.6) is 5.75 Å². The van der Waals surface area contributed by atoms with Crippen LogP contribution in [-0.2, 0) is 0 Å². The molecule has 0 radical (unpaired) electrons. The van der Waals surface area contributed by atoms with Gasteiger partial charge >= 0.3 is 0 Å². The van der Waals surface area contributed by atoms with Crippen molar-refractivity contribution in [3.63, 3.8) is 0 Å².